The van der Waals surface area contributed by atoms with Crippen molar-refractivity contribution < 1.29 is 23.4 Å². The number of halogens is 1. The molecule has 2 aromatic rings. The van der Waals surface area contributed by atoms with Crippen LogP contribution in [0.1, 0.15) is 6.42 Å². The summed E-state index contributed by atoms with van der Waals surface area (Å²) in [5.74, 6) is -0.0534. The van der Waals surface area contributed by atoms with Crippen molar-refractivity contribution in [2.45, 2.75) is 12.5 Å². The van der Waals surface area contributed by atoms with Gasteiger partial charge in [0.25, 0.3) is 17.7 Å². The number of benzene rings is 1. The molecule has 3 rings (SSSR count). The molecular formula is C17H18FN3O4. The van der Waals surface area contributed by atoms with Gasteiger partial charge in [-0.15, -0.1) is 0 Å². The number of aromatic nitrogens is 2. The van der Waals surface area contributed by atoms with Gasteiger partial charge in [0, 0.05) is 25.4 Å². The third-order valence-electron chi connectivity index (χ3n) is 3.79. The second-order valence-electron chi connectivity index (χ2n) is 5.46. The molecule has 1 amide bonds. The molecule has 0 bridgehead atoms. The van der Waals surface area contributed by atoms with Gasteiger partial charge in [0.15, 0.2) is 18.2 Å². The fourth-order valence-electron chi connectivity index (χ4n) is 2.53. The van der Waals surface area contributed by atoms with Crippen molar-refractivity contribution in [3.05, 3.63) is 42.5 Å². The Morgan fingerprint density at radius 3 is 2.80 bits per heavy atom. The number of nitrogens with zero attached hydrogens (tertiary/aromatic N) is 3. The summed E-state index contributed by atoms with van der Waals surface area (Å²) in [6, 6.07) is 5.98. The summed E-state index contributed by atoms with van der Waals surface area (Å²) < 4.78 is 29.6. The average Bonchev–Trinajstić information content (AvgIpc) is 3.10. The lowest BCUT2D eigenvalue weighted by atomic mass is 10.3. The van der Waals surface area contributed by atoms with Crippen LogP contribution in [0.25, 0.3) is 0 Å². The minimum absolute atomic E-state index is 0.0622. The molecule has 0 spiro atoms. The van der Waals surface area contributed by atoms with Gasteiger partial charge in [-0.25, -0.2) is 14.4 Å². The first-order chi connectivity index (χ1) is 12.2. The fraction of sp³-hybridized carbons (Fsp3) is 0.353. The van der Waals surface area contributed by atoms with Crippen molar-refractivity contribution >= 4 is 5.91 Å². The summed E-state index contributed by atoms with van der Waals surface area (Å²) in [7, 11) is 1.49. The molecule has 1 aromatic heterocycles. The molecule has 1 aliphatic heterocycles. The number of rotatable bonds is 6. The zero-order valence-electron chi connectivity index (χ0n) is 13.7. The van der Waals surface area contributed by atoms with E-state index in [2.05, 4.69) is 9.97 Å². The van der Waals surface area contributed by atoms with Gasteiger partial charge < -0.3 is 19.1 Å². The van der Waals surface area contributed by atoms with Gasteiger partial charge in [0.1, 0.15) is 6.10 Å². The SMILES string of the molecule is COc1nccnc1OC1CCN(C(=O)COc2ccccc2F)C1. The smallest absolute Gasteiger partial charge is 0.278 e. The highest BCUT2D eigenvalue weighted by Gasteiger charge is 2.29. The van der Waals surface area contributed by atoms with E-state index in [0.29, 0.717) is 31.3 Å². The second-order valence-corrected chi connectivity index (χ2v) is 5.46. The lowest BCUT2D eigenvalue weighted by Gasteiger charge is -2.17. The molecular weight excluding hydrogens is 329 g/mol. The summed E-state index contributed by atoms with van der Waals surface area (Å²) in [6.07, 6.45) is 3.47. The normalized spacial score (nSPS) is 16.6. The van der Waals surface area contributed by atoms with Crippen LogP contribution in [0.2, 0.25) is 0 Å². The van der Waals surface area contributed by atoms with Crippen LogP contribution in [0.4, 0.5) is 4.39 Å². The molecule has 1 aliphatic rings. The Hall–Kier alpha value is -2.90. The Kier molecular flexibility index (Phi) is 5.27. The maximum atomic E-state index is 13.5. The van der Waals surface area contributed by atoms with E-state index in [1.165, 1.54) is 31.6 Å². The number of carbonyl (C=O) groups excluding carboxylic acids is 1. The van der Waals surface area contributed by atoms with Gasteiger partial charge in [0.2, 0.25) is 0 Å². The third-order valence-corrected chi connectivity index (χ3v) is 3.79. The van der Waals surface area contributed by atoms with Crippen molar-refractivity contribution in [1.29, 1.82) is 0 Å². The van der Waals surface area contributed by atoms with Crippen molar-refractivity contribution in [3.63, 3.8) is 0 Å². The van der Waals surface area contributed by atoms with E-state index in [9.17, 15) is 9.18 Å². The predicted octanol–water partition coefficient (Wildman–Crippen LogP) is 1.68. The van der Waals surface area contributed by atoms with Crippen molar-refractivity contribution in [2.24, 2.45) is 0 Å². The molecule has 1 fully saturated rings. The van der Waals surface area contributed by atoms with Crippen LogP contribution >= 0.6 is 0 Å². The van der Waals surface area contributed by atoms with E-state index in [1.807, 2.05) is 0 Å². The lowest BCUT2D eigenvalue weighted by Crippen LogP contribution is -2.34. The first-order valence-corrected chi connectivity index (χ1v) is 7.84. The first-order valence-electron chi connectivity index (χ1n) is 7.84. The predicted molar refractivity (Wildman–Crippen MR) is 86.1 cm³/mol. The van der Waals surface area contributed by atoms with Crippen LogP contribution in [0.3, 0.4) is 0 Å². The second kappa shape index (κ2) is 7.78. The summed E-state index contributed by atoms with van der Waals surface area (Å²) in [5.41, 5.74) is 0. The number of likely N-dealkylation sites (tertiary alicyclic amines) is 1. The van der Waals surface area contributed by atoms with Crippen LogP contribution in [0.5, 0.6) is 17.5 Å². The average molecular weight is 347 g/mol. The van der Waals surface area contributed by atoms with Gasteiger partial charge in [-0.1, -0.05) is 12.1 Å². The van der Waals surface area contributed by atoms with Gasteiger partial charge >= 0.3 is 0 Å². The standard InChI is InChI=1S/C17H18FN3O4/c1-23-16-17(20-8-7-19-16)25-12-6-9-21(10-12)15(22)11-24-14-5-3-2-4-13(14)18/h2-5,7-8,12H,6,9-11H2,1H3. The topological polar surface area (TPSA) is 73.8 Å². The quantitative estimate of drug-likeness (QED) is 0.792. The van der Waals surface area contributed by atoms with Crippen molar-refractivity contribution in [3.8, 4) is 17.5 Å². The molecule has 0 saturated carbocycles. The number of para-hydroxylation sites is 1. The number of carbonyl (C=O) groups is 1. The fourth-order valence-corrected chi connectivity index (χ4v) is 2.53. The van der Waals surface area contributed by atoms with E-state index in [-0.39, 0.29) is 24.4 Å². The van der Waals surface area contributed by atoms with E-state index < -0.39 is 5.82 Å². The monoisotopic (exact) mass is 347 g/mol. The largest absolute Gasteiger partial charge is 0.481 e. The molecule has 25 heavy (non-hydrogen) atoms. The summed E-state index contributed by atoms with van der Waals surface area (Å²) >= 11 is 0. The van der Waals surface area contributed by atoms with E-state index >= 15 is 0 Å². The Labute approximate surface area is 144 Å². The molecule has 2 heterocycles. The van der Waals surface area contributed by atoms with Crippen molar-refractivity contribution in [2.75, 3.05) is 26.8 Å². The Morgan fingerprint density at radius 2 is 2.04 bits per heavy atom. The highest BCUT2D eigenvalue weighted by Crippen LogP contribution is 2.24. The third kappa shape index (κ3) is 4.14. The molecule has 8 heteroatoms. The number of hydrogen-bond donors (Lipinski definition) is 0. The lowest BCUT2D eigenvalue weighted by molar-refractivity contribution is -0.132. The van der Waals surface area contributed by atoms with Crippen LogP contribution in [-0.2, 0) is 4.79 Å². The van der Waals surface area contributed by atoms with Crippen LogP contribution in [0, 0.1) is 5.82 Å². The van der Waals surface area contributed by atoms with E-state index in [1.54, 1.807) is 17.0 Å². The minimum atomic E-state index is -0.493. The number of hydrogen-bond acceptors (Lipinski definition) is 6. The zero-order valence-corrected chi connectivity index (χ0v) is 13.7. The molecule has 1 aromatic carbocycles. The highest BCUT2D eigenvalue weighted by molar-refractivity contribution is 5.78. The Balaban J connectivity index is 1.52. The van der Waals surface area contributed by atoms with Gasteiger partial charge in [-0.05, 0) is 12.1 Å². The molecule has 1 unspecified atom stereocenters. The summed E-state index contributed by atoms with van der Waals surface area (Å²) in [4.78, 5) is 21.9. The van der Waals surface area contributed by atoms with Crippen LogP contribution in [-0.4, -0.2) is 53.7 Å². The molecule has 7 nitrogen and oxygen atoms in total. The zero-order chi connectivity index (χ0) is 17.6. The summed E-state index contributed by atoms with van der Waals surface area (Å²) in [5, 5.41) is 0. The van der Waals surface area contributed by atoms with Crippen LogP contribution < -0.4 is 14.2 Å². The highest BCUT2D eigenvalue weighted by atomic mass is 19.1. The maximum absolute atomic E-state index is 13.5. The van der Waals surface area contributed by atoms with Gasteiger partial charge in [-0.2, -0.15) is 0 Å². The summed E-state index contributed by atoms with van der Waals surface area (Å²) in [6.45, 7) is 0.716. The van der Waals surface area contributed by atoms with E-state index in [4.69, 9.17) is 14.2 Å². The number of ether oxygens (including phenoxy) is 3. The first kappa shape index (κ1) is 16.9. The van der Waals surface area contributed by atoms with E-state index in [0.717, 1.165) is 0 Å². The molecule has 0 radical (unpaired) electrons. The number of amides is 1. The Morgan fingerprint density at radius 1 is 1.28 bits per heavy atom. The Bertz CT molecular complexity index is 743. The maximum Gasteiger partial charge on any atom is 0.278 e. The molecule has 0 N–H and O–H groups in total. The molecule has 1 atom stereocenters. The minimum Gasteiger partial charge on any atom is -0.481 e. The molecule has 132 valence electrons. The van der Waals surface area contributed by atoms with Gasteiger partial charge in [0.05, 0.1) is 13.7 Å². The molecule has 1 saturated heterocycles. The van der Waals surface area contributed by atoms with Crippen LogP contribution in [0.15, 0.2) is 36.7 Å². The van der Waals surface area contributed by atoms with Crippen molar-refractivity contribution in [1.82, 2.24) is 14.9 Å². The number of methoxy groups -OCH3 is 1. The van der Waals surface area contributed by atoms with Gasteiger partial charge in [-0.3, -0.25) is 4.79 Å². The molecule has 0 aliphatic carbocycles.